The van der Waals surface area contributed by atoms with Crippen molar-refractivity contribution in [2.75, 3.05) is 26.2 Å². The fourth-order valence-electron chi connectivity index (χ4n) is 3.73. The molecule has 1 aromatic heterocycles. The number of aromatic nitrogens is 1. The van der Waals surface area contributed by atoms with Gasteiger partial charge in [0, 0.05) is 61.7 Å². The number of hydrogen-bond donors (Lipinski definition) is 1. The van der Waals surface area contributed by atoms with Crippen molar-refractivity contribution >= 4 is 23.4 Å². The smallest absolute Gasteiger partial charge is 0.248 e. The number of oxazole rings is 1. The summed E-state index contributed by atoms with van der Waals surface area (Å²) in [6, 6.07) is 14.7. The molecule has 0 unspecified atom stereocenters. The molecular formula is C24H25ClN4O3. The summed E-state index contributed by atoms with van der Waals surface area (Å²) in [7, 11) is 0. The molecule has 1 aliphatic heterocycles. The maximum atomic E-state index is 12.6. The molecule has 0 saturated carbocycles. The fraction of sp³-hybridized carbons (Fsp3) is 0.292. The lowest BCUT2D eigenvalue weighted by molar-refractivity contribution is -0.133. The van der Waals surface area contributed by atoms with E-state index in [0.717, 1.165) is 30.8 Å². The number of nitrogens with two attached hydrogens (primary N) is 1. The molecule has 32 heavy (non-hydrogen) atoms. The van der Waals surface area contributed by atoms with Crippen molar-refractivity contribution in [3.63, 3.8) is 0 Å². The lowest BCUT2D eigenvalue weighted by Crippen LogP contribution is -2.48. The molecule has 0 atom stereocenters. The van der Waals surface area contributed by atoms with Gasteiger partial charge in [-0.1, -0.05) is 23.7 Å². The molecule has 4 rings (SSSR count). The average Bonchev–Trinajstić information content (AvgIpc) is 3.28. The van der Waals surface area contributed by atoms with Crippen LogP contribution in [0.25, 0.3) is 11.3 Å². The van der Waals surface area contributed by atoms with Crippen LogP contribution in [0.5, 0.6) is 0 Å². The number of benzene rings is 2. The highest BCUT2D eigenvalue weighted by atomic mass is 35.5. The van der Waals surface area contributed by atoms with Crippen LogP contribution >= 0.6 is 11.6 Å². The SMILES string of the molecule is NC(=O)c1ccc(CN2CCN(C(=O)CCc3ncc(-c4ccc(Cl)cc4)o3)CC2)cc1. The van der Waals surface area contributed by atoms with Crippen LogP contribution in [0.1, 0.15) is 28.2 Å². The Morgan fingerprint density at radius 3 is 2.34 bits per heavy atom. The van der Waals surface area contributed by atoms with Gasteiger partial charge in [0.05, 0.1) is 6.20 Å². The number of carbonyl (C=O) groups excluding carboxylic acids is 2. The molecule has 7 nitrogen and oxygen atoms in total. The van der Waals surface area contributed by atoms with Crippen molar-refractivity contribution < 1.29 is 14.0 Å². The van der Waals surface area contributed by atoms with Crippen LogP contribution in [-0.4, -0.2) is 52.8 Å². The molecule has 2 N–H and O–H groups in total. The van der Waals surface area contributed by atoms with Crippen LogP contribution in [0.3, 0.4) is 0 Å². The van der Waals surface area contributed by atoms with Gasteiger partial charge in [0.1, 0.15) is 0 Å². The Balaban J connectivity index is 1.22. The van der Waals surface area contributed by atoms with E-state index < -0.39 is 5.91 Å². The summed E-state index contributed by atoms with van der Waals surface area (Å²) in [5.74, 6) is 0.916. The van der Waals surface area contributed by atoms with Gasteiger partial charge in [-0.3, -0.25) is 14.5 Å². The molecule has 2 aromatic carbocycles. The number of rotatable bonds is 7. The standard InChI is InChI=1S/C24H25ClN4O3/c25-20-7-5-18(6-8-20)21-15-27-22(32-21)9-10-23(30)29-13-11-28(12-14-29)16-17-1-3-19(4-2-17)24(26)31/h1-8,15H,9-14,16H2,(H2,26,31). The summed E-state index contributed by atoms with van der Waals surface area (Å²) < 4.78 is 5.79. The molecule has 8 heteroatoms. The lowest BCUT2D eigenvalue weighted by atomic mass is 10.1. The Morgan fingerprint density at radius 1 is 1.00 bits per heavy atom. The Labute approximate surface area is 191 Å². The van der Waals surface area contributed by atoms with E-state index in [1.165, 1.54) is 0 Å². The molecule has 0 aliphatic carbocycles. The fourth-order valence-corrected chi connectivity index (χ4v) is 3.86. The second kappa shape index (κ2) is 9.97. The molecule has 1 fully saturated rings. The third kappa shape index (κ3) is 5.55. The second-order valence-corrected chi connectivity index (χ2v) is 8.28. The van der Waals surface area contributed by atoms with Crippen molar-refractivity contribution in [1.82, 2.24) is 14.8 Å². The largest absolute Gasteiger partial charge is 0.441 e. The van der Waals surface area contributed by atoms with Crippen molar-refractivity contribution in [2.24, 2.45) is 5.73 Å². The van der Waals surface area contributed by atoms with Crippen LogP contribution in [0.4, 0.5) is 0 Å². The predicted octanol–water partition coefficient (Wildman–Crippen LogP) is 3.37. The topological polar surface area (TPSA) is 92.7 Å². The summed E-state index contributed by atoms with van der Waals surface area (Å²) in [6.45, 7) is 3.79. The first-order chi connectivity index (χ1) is 15.5. The molecule has 1 saturated heterocycles. The Hall–Kier alpha value is -3.16. The highest BCUT2D eigenvalue weighted by molar-refractivity contribution is 6.30. The van der Waals surface area contributed by atoms with Crippen molar-refractivity contribution in [3.8, 4) is 11.3 Å². The van der Waals surface area contributed by atoms with E-state index in [0.29, 0.717) is 48.2 Å². The van der Waals surface area contributed by atoms with Gasteiger partial charge in [0.15, 0.2) is 11.7 Å². The van der Waals surface area contributed by atoms with E-state index in [-0.39, 0.29) is 5.91 Å². The van der Waals surface area contributed by atoms with Gasteiger partial charge in [-0.05, 0) is 42.0 Å². The number of carbonyl (C=O) groups is 2. The molecule has 166 valence electrons. The molecule has 0 radical (unpaired) electrons. The van der Waals surface area contributed by atoms with Crippen molar-refractivity contribution in [1.29, 1.82) is 0 Å². The van der Waals surface area contributed by atoms with Crippen molar-refractivity contribution in [3.05, 3.63) is 76.8 Å². The summed E-state index contributed by atoms with van der Waals surface area (Å²) in [5.41, 5.74) is 7.82. The van der Waals surface area contributed by atoms with Gasteiger partial charge < -0.3 is 15.1 Å². The van der Waals surface area contributed by atoms with E-state index in [9.17, 15) is 9.59 Å². The monoisotopic (exact) mass is 452 g/mol. The number of nitrogens with zero attached hydrogens (tertiary/aromatic N) is 3. The van der Waals surface area contributed by atoms with Crippen LogP contribution in [0.2, 0.25) is 5.02 Å². The van der Waals surface area contributed by atoms with Crippen LogP contribution < -0.4 is 5.73 Å². The summed E-state index contributed by atoms with van der Waals surface area (Å²) >= 11 is 5.92. The van der Waals surface area contributed by atoms with Crippen LogP contribution in [-0.2, 0) is 17.8 Å². The minimum absolute atomic E-state index is 0.113. The van der Waals surface area contributed by atoms with E-state index in [4.69, 9.17) is 21.8 Å². The maximum Gasteiger partial charge on any atom is 0.248 e. The Bertz CT molecular complexity index is 1070. The number of amides is 2. The number of piperazine rings is 1. The Kier molecular flexibility index (Phi) is 6.87. The Morgan fingerprint density at radius 2 is 1.69 bits per heavy atom. The average molecular weight is 453 g/mol. The van der Waals surface area contributed by atoms with Gasteiger partial charge in [0.25, 0.3) is 0 Å². The summed E-state index contributed by atoms with van der Waals surface area (Å²) in [6.07, 6.45) is 2.52. The highest BCUT2D eigenvalue weighted by Crippen LogP contribution is 2.23. The lowest BCUT2D eigenvalue weighted by Gasteiger charge is -2.34. The number of hydrogen-bond acceptors (Lipinski definition) is 5. The van der Waals surface area contributed by atoms with Gasteiger partial charge in [0.2, 0.25) is 11.8 Å². The van der Waals surface area contributed by atoms with Crippen LogP contribution in [0.15, 0.2) is 59.1 Å². The highest BCUT2D eigenvalue weighted by Gasteiger charge is 2.21. The van der Waals surface area contributed by atoms with Gasteiger partial charge in [-0.25, -0.2) is 4.98 Å². The number of primary amides is 1. The van der Waals surface area contributed by atoms with E-state index in [2.05, 4.69) is 9.88 Å². The van der Waals surface area contributed by atoms with Crippen LogP contribution in [0, 0.1) is 0 Å². The molecule has 1 aliphatic rings. The molecule has 0 spiro atoms. The summed E-state index contributed by atoms with van der Waals surface area (Å²) in [4.78, 5) is 32.3. The zero-order valence-electron chi connectivity index (χ0n) is 17.7. The summed E-state index contributed by atoms with van der Waals surface area (Å²) in [5, 5.41) is 0.667. The van der Waals surface area contributed by atoms with E-state index in [1.807, 2.05) is 29.2 Å². The van der Waals surface area contributed by atoms with Crippen molar-refractivity contribution in [2.45, 2.75) is 19.4 Å². The number of aryl methyl sites for hydroxylation is 1. The normalized spacial score (nSPS) is 14.5. The van der Waals surface area contributed by atoms with E-state index >= 15 is 0 Å². The molecular weight excluding hydrogens is 428 g/mol. The predicted molar refractivity (Wildman–Crippen MR) is 122 cm³/mol. The first-order valence-corrected chi connectivity index (χ1v) is 11.0. The zero-order valence-corrected chi connectivity index (χ0v) is 18.4. The molecule has 3 aromatic rings. The van der Waals surface area contributed by atoms with Gasteiger partial charge in [-0.2, -0.15) is 0 Å². The quantitative estimate of drug-likeness (QED) is 0.593. The molecule has 2 amide bonds. The maximum absolute atomic E-state index is 12.6. The van der Waals surface area contributed by atoms with Gasteiger partial charge in [-0.15, -0.1) is 0 Å². The minimum Gasteiger partial charge on any atom is -0.441 e. The first-order valence-electron chi connectivity index (χ1n) is 10.6. The molecule has 0 bridgehead atoms. The first kappa shape index (κ1) is 22.0. The zero-order chi connectivity index (χ0) is 22.5. The van der Waals surface area contributed by atoms with Gasteiger partial charge >= 0.3 is 0 Å². The second-order valence-electron chi connectivity index (χ2n) is 7.84. The minimum atomic E-state index is -0.422. The molecule has 2 heterocycles. The number of halogens is 1. The van der Waals surface area contributed by atoms with E-state index in [1.54, 1.807) is 30.5 Å². The third-order valence-electron chi connectivity index (χ3n) is 5.60. The third-order valence-corrected chi connectivity index (χ3v) is 5.86.